The van der Waals surface area contributed by atoms with Crippen molar-refractivity contribution in [3.8, 4) is 5.75 Å². The highest BCUT2D eigenvalue weighted by Gasteiger charge is 2.58. The van der Waals surface area contributed by atoms with E-state index in [1.807, 2.05) is 37.4 Å². The number of halogens is 2. The van der Waals surface area contributed by atoms with Crippen LogP contribution in [-0.2, 0) is 67.7 Å². The Hall–Kier alpha value is -3.55. The van der Waals surface area contributed by atoms with Crippen molar-refractivity contribution < 1.29 is 75.4 Å². The Morgan fingerprint density at radius 3 is 1.60 bits per heavy atom. The van der Waals surface area contributed by atoms with Gasteiger partial charge in [-0.15, -0.1) is 0 Å². The molecule has 6 rings (SSSR count). The molecule has 0 amide bonds. The minimum absolute atomic E-state index is 0.0788. The molecule has 0 bridgehead atoms. The van der Waals surface area contributed by atoms with E-state index in [-0.39, 0.29) is 47.3 Å². The first-order chi connectivity index (χ1) is 37.4. The summed E-state index contributed by atoms with van der Waals surface area (Å²) in [6.45, 7) is 29.4. The number of methoxy groups -OCH3 is 1. The lowest BCUT2D eigenvalue weighted by Gasteiger charge is -2.51. The van der Waals surface area contributed by atoms with Gasteiger partial charge in [0.15, 0.2) is 47.5 Å². The van der Waals surface area contributed by atoms with Gasteiger partial charge in [0.25, 0.3) is 0 Å². The van der Waals surface area contributed by atoms with Crippen LogP contribution in [0.25, 0.3) is 0 Å². The monoisotopic (exact) mass is 1280 g/mol. The number of rotatable bonds is 21. The first kappa shape index (κ1) is 65.6. The van der Waals surface area contributed by atoms with Crippen LogP contribution in [0.5, 0.6) is 5.75 Å². The fourth-order valence-electron chi connectivity index (χ4n) is 9.70. The molecule has 2 saturated heterocycles. The highest BCUT2D eigenvalue weighted by molar-refractivity contribution is 9.10. The van der Waals surface area contributed by atoms with Crippen LogP contribution in [0.3, 0.4) is 0 Å². The van der Waals surface area contributed by atoms with Crippen LogP contribution in [0.1, 0.15) is 122 Å². The molecule has 13 atom stereocenters. The number of hydrogen-bond donors (Lipinski definition) is 0. The lowest BCUT2D eigenvalue weighted by molar-refractivity contribution is -0.342. The van der Waals surface area contributed by atoms with Gasteiger partial charge in [0.1, 0.15) is 42.9 Å². The summed E-state index contributed by atoms with van der Waals surface area (Å²) in [5.41, 5.74) is 1.31. The second kappa shape index (κ2) is 27.9. The van der Waals surface area contributed by atoms with E-state index in [0.717, 1.165) is 33.8 Å². The van der Waals surface area contributed by atoms with Gasteiger partial charge in [0.2, 0.25) is 0 Å². The highest BCUT2D eigenvalue weighted by Crippen LogP contribution is 2.45. The third-order valence-electron chi connectivity index (χ3n) is 16.3. The van der Waals surface area contributed by atoms with Crippen molar-refractivity contribution in [3.05, 3.63) is 98.4 Å². The molecule has 3 aliphatic rings. The van der Waals surface area contributed by atoms with Gasteiger partial charge in [0, 0.05) is 22.8 Å². The standard InChI is InChI=1S/C60H86Br2O16Si2/c1-35(2)45-30-17-36(3)31-46(45)73-58-54(72-38(5)64)51(77-79(13,14)59(6,7)8)49(68-32-39-18-28-44(67-12)29-19-39)47(75-58)34-70-57-53(71-37(4)63)52(78-80(15,16)60(9,10)11)50(76-56(66)41-22-26-43(62)27-23-41)48(74-57)33-69-55(65)40-20-24-42(61)25-21-40/h18-29,35-36,45-54,57-58H,17,30-34H2,1-16H3/t36-,45+,46-,47-,48-,49-,50-,51+,52+,53-,54-,57-,58?/m1/s1. The summed E-state index contributed by atoms with van der Waals surface area (Å²) in [5, 5.41) is -0.718. The molecule has 2 aliphatic heterocycles. The third kappa shape index (κ3) is 17.3. The number of carbonyl (C=O) groups is 4. The maximum atomic E-state index is 14.3. The molecule has 20 heteroatoms. The summed E-state index contributed by atoms with van der Waals surface area (Å²) < 4.78 is 81.6. The molecule has 0 spiro atoms. The summed E-state index contributed by atoms with van der Waals surface area (Å²) in [4.78, 5) is 54.9. The van der Waals surface area contributed by atoms with E-state index in [1.54, 1.807) is 55.6 Å². The highest BCUT2D eigenvalue weighted by atomic mass is 79.9. The third-order valence-corrected chi connectivity index (χ3v) is 26.3. The number of ether oxygens (including phenoxy) is 10. The van der Waals surface area contributed by atoms with Crippen molar-refractivity contribution in [3.63, 3.8) is 0 Å². The van der Waals surface area contributed by atoms with Crippen LogP contribution in [0.15, 0.2) is 81.7 Å². The summed E-state index contributed by atoms with van der Waals surface area (Å²) >= 11 is 6.88. The molecule has 0 radical (unpaired) electrons. The Morgan fingerprint density at radius 1 is 0.613 bits per heavy atom. The lowest BCUT2D eigenvalue weighted by atomic mass is 9.75. The Balaban J connectivity index is 1.48. The maximum absolute atomic E-state index is 14.3. The topological polar surface area (TPSA) is 179 Å². The zero-order valence-electron chi connectivity index (χ0n) is 49.5. The predicted molar refractivity (Wildman–Crippen MR) is 314 cm³/mol. The molecule has 2 heterocycles. The molecule has 80 heavy (non-hydrogen) atoms. The van der Waals surface area contributed by atoms with Crippen LogP contribution in [0, 0.1) is 17.8 Å². The molecule has 1 unspecified atom stereocenters. The van der Waals surface area contributed by atoms with Crippen molar-refractivity contribution >= 4 is 72.4 Å². The molecule has 16 nitrogen and oxygen atoms in total. The van der Waals surface area contributed by atoms with Crippen LogP contribution in [-0.4, -0.2) is 128 Å². The van der Waals surface area contributed by atoms with E-state index in [1.165, 1.54) is 13.8 Å². The summed E-state index contributed by atoms with van der Waals surface area (Å²) in [6.07, 6.45) is -9.35. The van der Waals surface area contributed by atoms with Gasteiger partial charge < -0.3 is 56.2 Å². The van der Waals surface area contributed by atoms with E-state index in [4.69, 9.17) is 56.2 Å². The molecular formula is C60H86Br2O16Si2. The van der Waals surface area contributed by atoms with Gasteiger partial charge in [0.05, 0.1) is 37.6 Å². The van der Waals surface area contributed by atoms with Gasteiger partial charge in [-0.3, -0.25) is 9.59 Å². The minimum Gasteiger partial charge on any atom is -0.497 e. The van der Waals surface area contributed by atoms with Crippen molar-refractivity contribution in [1.82, 2.24) is 0 Å². The van der Waals surface area contributed by atoms with Gasteiger partial charge in [-0.05, 0) is 133 Å². The van der Waals surface area contributed by atoms with E-state index < -0.39 is 114 Å². The average molecular weight is 1280 g/mol. The Labute approximate surface area is 493 Å². The minimum atomic E-state index is -2.90. The zero-order valence-corrected chi connectivity index (χ0v) is 54.7. The van der Waals surface area contributed by atoms with Gasteiger partial charge >= 0.3 is 23.9 Å². The Morgan fingerprint density at radius 2 is 1.10 bits per heavy atom. The Bertz CT molecular complexity index is 2520. The van der Waals surface area contributed by atoms with Crippen molar-refractivity contribution in [2.45, 2.75) is 206 Å². The van der Waals surface area contributed by atoms with Crippen LogP contribution in [0.2, 0.25) is 36.3 Å². The van der Waals surface area contributed by atoms with Crippen LogP contribution in [0.4, 0.5) is 0 Å². The summed E-state index contributed by atoms with van der Waals surface area (Å²) in [6, 6.07) is 20.8. The average Bonchev–Trinajstić information content (AvgIpc) is 3.36. The molecule has 0 N–H and O–H groups in total. The molecule has 444 valence electrons. The first-order valence-corrected chi connectivity index (χ1v) is 35.2. The summed E-state index contributed by atoms with van der Waals surface area (Å²) in [5.74, 6) is -1.12. The van der Waals surface area contributed by atoms with Crippen LogP contribution >= 0.6 is 31.9 Å². The normalized spacial score (nSPS) is 27.7. The molecule has 3 fully saturated rings. The molecule has 3 aromatic rings. The van der Waals surface area contributed by atoms with E-state index in [0.29, 0.717) is 11.7 Å². The fourth-order valence-corrected chi connectivity index (χ4v) is 12.8. The molecule has 1 saturated carbocycles. The van der Waals surface area contributed by atoms with Crippen LogP contribution < -0.4 is 4.74 Å². The quantitative estimate of drug-likeness (QED) is 0.0558. The first-order valence-electron chi connectivity index (χ1n) is 27.8. The number of benzene rings is 3. The smallest absolute Gasteiger partial charge is 0.338 e. The molecular weight excluding hydrogens is 1190 g/mol. The lowest BCUT2D eigenvalue weighted by Crippen LogP contribution is -2.67. The van der Waals surface area contributed by atoms with Crippen molar-refractivity contribution in [2.24, 2.45) is 17.8 Å². The SMILES string of the molecule is COc1ccc(CO[C@H]2[C@H](O[Si](C)(C)C(C)(C)C)[C@@H](OC(C)=O)C(O[C@@H]3C[C@H](C)CC[C@H]3C(C)C)O[C@@H]2CO[C@@H]2O[C@H](COC(=O)c3ccc(Br)cc3)[C@@H](OC(=O)c3ccc(Br)cc3)[C@H](O[Si](C)(C)C(C)(C)C)[C@H]2OC(C)=O)cc1. The number of hydrogen-bond acceptors (Lipinski definition) is 16. The number of carbonyl (C=O) groups excluding carboxylic acids is 4. The molecule has 1 aliphatic carbocycles. The van der Waals surface area contributed by atoms with Gasteiger partial charge in [-0.25, -0.2) is 9.59 Å². The van der Waals surface area contributed by atoms with Crippen molar-refractivity contribution in [2.75, 3.05) is 20.3 Å². The Kier molecular flexibility index (Phi) is 22.9. The second-order valence-corrected chi connectivity index (χ2v) is 36.2. The predicted octanol–water partition coefficient (Wildman–Crippen LogP) is 12.8. The van der Waals surface area contributed by atoms with E-state index in [9.17, 15) is 19.2 Å². The van der Waals surface area contributed by atoms with Crippen molar-refractivity contribution in [1.29, 1.82) is 0 Å². The van der Waals surface area contributed by atoms with Gasteiger partial charge in [-0.1, -0.05) is 113 Å². The number of esters is 4. The summed E-state index contributed by atoms with van der Waals surface area (Å²) in [7, 11) is -4.06. The van der Waals surface area contributed by atoms with E-state index >= 15 is 0 Å². The molecule has 0 aromatic heterocycles. The van der Waals surface area contributed by atoms with Gasteiger partial charge in [-0.2, -0.15) is 0 Å². The maximum Gasteiger partial charge on any atom is 0.338 e. The second-order valence-electron chi connectivity index (χ2n) is 24.9. The van der Waals surface area contributed by atoms with E-state index in [2.05, 4.69) is 107 Å². The zero-order chi connectivity index (χ0) is 59.1. The fraction of sp³-hybridized carbons (Fsp3) is 0.633. The molecule has 3 aromatic carbocycles. The largest absolute Gasteiger partial charge is 0.497 e.